The zero-order valence-corrected chi connectivity index (χ0v) is 29.5. The Bertz CT molecular complexity index is 3070. The summed E-state index contributed by atoms with van der Waals surface area (Å²) in [5, 5.41) is 11.4. The average molecular weight is 684 g/mol. The second kappa shape index (κ2) is 11.4. The van der Waals surface area contributed by atoms with Gasteiger partial charge in [-0.1, -0.05) is 110 Å². The molecule has 0 aliphatic heterocycles. The van der Waals surface area contributed by atoms with Crippen molar-refractivity contribution < 1.29 is 4.42 Å². The molecule has 0 fully saturated rings. The zero-order valence-electron chi connectivity index (χ0n) is 28.6. The first-order chi connectivity index (χ1) is 25.6. The number of anilines is 3. The van der Waals surface area contributed by atoms with Gasteiger partial charge in [0.2, 0.25) is 0 Å². The number of thiophene rings is 1. The number of para-hydroxylation sites is 1. The van der Waals surface area contributed by atoms with E-state index in [-0.39, 0.29) is 0 Å². The lowest BCUT2D eigenvalue weighted by Crippen LogP contribution is -2.09. The van der Waals surface area contributed by atoms with Crippen molar-refractivity contribution in [1.82, 2.24) is 0 Å². The van der Waals surface area contributed by atoms with Gasteiger partial charge < -0.3 is 9.32 Å². The van der Waals surface area contributed by atoms with E-state index < -0.39 is 0 Å². The minimum absolute atomic E-state index is 0.567. The molecule has 1 aliphatic carbocycles. The van der Waals surface area contributed by atoms with Crippen LogP contribution in [-0.4, -0.2) is 0 Å². The largest absolute Gasteiger partial charge is 0.456 e. The molecular weight excluding hydrogens is 651 g/mol. The van der Waals surface area contributed by atoms with Gasteiger partial charge in [0, 0.05) is 43.5 Å². The highest BCUT2D eigenvalue weighted by Gasteiger charge is 2.20. The number of nitrogens with zero attached hydrogens (tertiary/aromatic N) is 1. The quantitative estimate of drug-likeness (QED) is 0.172. The summed E-state index contributed by atoms with van der Waals surface area (Å²) in [5.41, 5.74) is 9.00. The predicted molar refractivity (Wildman–Crippen MR) is 224 cm³/mol. The Kier molecular flexibility index (Phi) is 6.50. The van der Waals surface area contributed by atoms with E-state index in [0.29, 0.717) is 5.92 Å². The van der Waals surface area contributed by atoms with Crippen molar-refractivity contribution in [3.05, 3.63) is 168 Å². The van der Waals surface area contributed by atoms with E-state index in [2.05, 4.69) is 164 Å². The molecule has 3 heteroatoms. The summed E-state index contributed by atoms with van der Waals surface area (Å²) in [4.78, 5) is 3.76. The van der Waals surface area contributed by atoms with Gasteiger partial charge in [0.05, 0.1) is 0 Å². The summed E-state index contributed by atoms with van der Waals surface area (Å²) in [6.45, 7) is 2.30. The predicted octanol–water partition coefficient (Wildman–Crippen LogP) is 14.6. The molecule has 246 valence electrons. The normalized spacial score (nSPS) is 14.3. The molecule has 0 bridgehead atoms. The van der Waals surface area contributed by atoms with E-state index in [1.165, 1.54) is 64.0 Å². The van der Waals surface area contributed by atoms with Crippen molar-refractivity contribution in [2.75, 3.05) is 4.90 Å². The lowest BCUT2D eigenvalue weighted by Gasteiger charge is -2.26. The highest BCUT2D eigenvalue weighted by atomic mass is 32.1. The maximum Gasteiger partial charge on any atom is 0.137 e. The number of furan rings is 1. The maximum atomic E-state index is 6.38. The fraction of sp³-hybridized carbons (Fsp3) is 0.0612. The highest BCUT2D eigenvalue weighted by Crippen LogP contribution is 2.44. The van der Waals surface area contributed by atoms with Crippen LogP contribution in [0.2, 0.25) is 0 Å². The van der Waals surface area contributed by atoms with Gasteiger partial charge in [0.15, 0.2) is 0 Å². The molecular formula is C49H33NOS. The number of hydrogen-bond donors (Lipinski definition) is 0. The van der Waals surface area contributed by atoms with Crippen LogP contribution >= 0.6 is 11.3 Å². The number of benzene rings is 8. The summed E-state index contributed by atoms with van der Waals surface area (Å²) in [5.74, 6) is 0.567. The molecule has 52 heavy (non-hydrogen) atoms. The molecule has 8 aromatic carbocycles. The second-order valence-corrected chi connectivity index (χ2v) is 15.3. The fourth-order valence-electron chi connectivity index (χ4n) is 8.40. The molecule has 10 aromatic rings. The van der Waals surface area contributed by atoms with Crippen LogP contribution in [0.25, 0.3) is 81.5 Å². The molecule has 0 saturated heterocycles. The maximum absolute atomic E-state index is 6.38. The first-order valence-electron chi connectivity index (χ1n) is 18.0. The van der Waals surface area contributed by atoms with Crippen molar-refractivity contribution in [3.8, 4) is 11.1 Å². The van der Waals surface area contributed by atoms with E-state index in [1.807, 2.05) is 23.5 Å². The number of rotatable bonds is 4. The van der Waals surface area contributed by atoms with E-state index in [4.69, 9.17) is 4.42 Å². The van der Waals surface area contributed by atoms with Crippen LogP contribution in [0.15, 0.2) is 162 Å². The van der Waals surface area contributed by atoms with E-state index in [9.17, 15) is 0 Å². The van der Waals surface area contributed by atoms with Gasteiger partial charge >= 0.3 is 0 Å². The van der Waals surface area contributed by atoms with Crippen LogP contribution in [0.3, 0.4) is 0 Å². The summed E-state index contributed by atoms with van der Waals surface area (Å²) in [7, 11) is 0. The minimum atomic E-state index is 0.567. The molecule has 2 nitrogen and oxygen atoms in total. The van der Waals surface area contributed by atoms with E-state index in [0.717, 1.165) is 45.4 Å². The molecule has 1 atom stereocenters. The Morgan fingerprint density at radius 3 is 2.02 bits per heavy atom. The van der Waals surface area contributed by atoms with Gasteiger partial charge in [-0.05, 0) is 121 Å². The minimum Gasteiger partial charge on any atom is -0.456 e. The standard InChI is InChI=1S/C49H33NOS/c1-30-10-25-48-45(26-30)44-24-19-37(29-49(44)52-48)50(36-18-23-43-42-8-4-5-9-46(42)51-47(43)28-36)35-16-11-31(12-17-35)33-14-20-39-34(27-33)15-22-40-38-7-3-2-6-32(38)13-21-41(39)40/h2-25,27-30H,26H2,1H3. The van der Waals surface area contributed by atoms with Gasteiger partial charge in [-0.15, -0.1) is 11.3 Å². The van der Waals surface area contributed by atoms with Crippen molar-refractivity contribution in [1.29, 1.82) is 0 Å². The SMILES string of the molecule is CC1C=Cc2sc3cc(N(c4ccc(-c5ccc6c(ccc7c8ccccc8ccc67)c5)cc4)c4ccc5c(c4)oc4ccccc45)ccc3c2C1. The van der Waals surface area contributed by atoms with Crippen molar-refractivity contribution in [2.45, 2.75) is 13.3 Å². The molecule has 0 saturated carbocycles. The number of hydrogen-bond acceptors (Lipinski definition) is 3. The van der Waals surface area contributed by atoms with Gasteiger partial charge in [-0.25, -0.2) is 0 Å². The highest BCUT2D eigenvalue weighted by molar-refractivity contribution is 7.20. The monoisotopic (exact) mass is 683 g/mol. The van der Waals surface area contributed by atoms with Crippen molar-refractivity contribution in [2.24, 2.45) is 5.92 Å². The van der Waals surface area contributed by atoms with Crippen LogP contribution in [0.1, 0.15) is 17.4 Å². The first kappa shape index (κ1) is 29.6. The molecule has 0 radical (unpaired) electrons. The third-order valence-corrected chi connectivity index (χ3v) is 12.1. The summed E-state index contributed by atoms with van der Waals surface area (Å²) in [6, 6.07) is 55.5. The van der Waals surface area contributed by atoms with Gasteiger partial charge in [-0.2, -0.15) is 0 Å². The Hall–Kier alpha value is -6.16. The molecule has 1 unspecified atom stereocenters. The van der Waals surface area contributed by atoms with Crippen LogP contribution in [-0.2, 0) is 6.42 Å². The van der Waals surface area contributed by atoms with Crippen LogP contribution in [0.4, 0.5) is 17.1 Å². The Labute approximate surface area is 305 Å². The first-order valence-corrected chi connectivity index (χ1v) is 18.9. The Morgan fingerprint density at radius 2 is 1.15 bits per heavy atom. The van der Waals surface area contributed by atoms with Gasteiger partial charge in [0.25, 0.3) is 0 Å². The number of fused-ring (bicyclic) bond motifs is 11. The molecule has 2 aromatic heterocycles. The molecule has 0 amide bonds. The van der Waals surface area contributed by atoms with E-state index in [1.54, 1.807) is 0 Å². The van der Waals surface area contributed by atoms with E-state index >= 15 is 0 Å². The zero-order chi connectivity index (χ0) is 34.3. The smallest absolute Gasteiger partial charge is 0.137 e. The summed E-state index contributed by atoms with van der Waals surface area (Å²) >= 11 is 1.90. The summed E-state index contributed by atoms with van der Waals surface area (Å²) < 4.78 is 7.70. The Morgan fingerprint density at radius 1 is 0.519 bits per heavy atom. The molecule has 0 spiro atoms. The summed E-state index contributed by atoms with van der Waals surface area (Å²) in [6.07, 6.45) is 5.76. The Balaban J connectivity index is 1.02. The third-order valence-electron chi connectivity index (χ3n) is 11.0. The molecule has 1 aliphatic rings. The van der Waals surface area contributed by atoms with Crippen molar-refractivity contribution >= 4 is 98.8 Å². The lowest BCUT2D eigenvalue weighted by atomic mass is 9.93. The van der Waals surface area contributed by atoms with Crippen LogP contribution < -0.4 is 4.90 Å². The lowest BCUT2D eigenvalue weighted by molar-refractivity contribution is 0.669. The number of allylic oxidation sites excluding steroid dienone is 1. The fourth-order valence-corrected chi connectivity index (χ4v) is 9.58. The molecule has 2 heterocycles. The van der Waals surface area contributed by atoms with Crippen molar-refractivity contribution in [3.63, 3.8) is 0 Å². The average Bonchev–Trinajstić information content (AvgIpc) is 3.75. The molecule has 0 N–H and O–H groups in total. The van der Waals surface area contributed by atoms with Crippen LogP contribution in [0, 0.1) is 5.92 Å². The second-order valence-electron chi connectivity index (χ2n) is 14.2. The van der Waals surface area contributed by atoms with Gasteiger partial charge in [0.1, 0.15) is 11.2 Å². The van der Waals surface area contributed by atoms with Gasteiger partial charge in [-0.3, -0.25) is 0 Å². The third kappa shape index (κ3) is 4.63. The van der Waals surface area contributed by atoms with Crippen LogP contribution in [0.5, 0.6) is 0 Å². The topological polar surface area (TPSA) is 16.4 Å². The molecule has 11 rings (SSSR count).